The van der Waals surface area contributed by atoms with Gasteiger partial charge < -0.3 is 9.73 Å². The molecule has 0 aliphatic heterocycles. The van der Waals surface area contributed by atoms with Crippen LogP contribution in [0.25, 0.3) is 0 Å². The highest BCUT2D eigenvalue weighted by atomic mass is 19.4. The zero-order valence-corrected chi connectivity index (χ0v) is 15.8. The molecule has 5 rings (SSSR count). The summed E-state index contributed by atoms with van der Waals surface area (Å²) in [6.45, 7) is -0.435. The minimum atomic E-state index is -4.63. The molecule has 8 nitrogen and oxygen atoms in total. The third-order valence-corrected chi connectivity index (χ3v) is 6.30. The number of rotatable bonds is 6. The van der Waals surface area contributed by atoms with E-state index in [-0.39, 0.29) is 24.2 Å². The Bertz CT molecular complexity index is 758. The van der Waals surface area contributed by atoms with Gasteiger partial charge in [0.1, 0.15) is 0 Å². The Morgan fingerprint density at radius 2 is 1.79 bits per heavy atom. The number of nitroso groups, excluding NO2 is 1. The van der Waals surface area contributed by atoms with Crippen LogP contribution in [0.2, 0.25) is 0 Å². The molecular formula is C18H23F3N4O4. The van der Waals surface area contributed by atoms with Crippen LogP contribution in [0.15, 0.2) is 9.59 Å². The summed E-state index contributed by atoms with van der Waals surface area (Å²) >= 11 is 0. The topological polar surface area (TPSA) is 107 Å². The summed E-state index contributed by atoms with van der Waals surface area (Å²) in [5.41, 5.74) is -0.817. The molecule has 4 aliphatic carbocycles. The maximum atomic E-state index is 12.1. The number of aromatic nitrogens is 2. The van der Waals surface area contributed by atoms with Gasteiger partial charge in [-0.3, -0.25) is 9.53 Å². The Morgan fingerprint density at radius 3 is 2.34 bits per heavy atom. The average molecular weight is 416 g/mol. The maximum Gasteiger partial charge on any atom is 0.522 e. The number of halogens is 3. The fourth-order valence-electron chi connectivity index (χ4n) is 4.35. The predicted molar refractivity (Wildman–Crippen MR) is 92.7 cm³/mol. The van der Waals surface area contributed by atoms with Crippen LogP contribution in [0, 0.1) is 4.91 Å². The van der Waals surface area contributed by atoms with E-state index in [4.69, 9.17) is 4.42 Å². The lowest BCUT2D eigenvalue weighted by molar-refractivity contribution is -0.352. The van der Waals surface area contributed by atoms with E-state index in [0.717, 1.165) is 0 Å². The van der Waals surface area contributed by atoms with Crippen LogP contribution in [0.1, 0.15) is 75.5 Å². The minimum absolute atomic E-state index is 0.182. The van der Waals surface area contributed by atoms with E-state index < -0.39 is 30.5 Å². The number of amides is 1. The fourth-order valence-corrected chi connectivity index (χ4v) is 4.35. The lowest BCUT2D eigenvalue weighted by atomic mass is 9.82. The van der Waals surface area contributed by atoms with Crippen LogP contribution in [0.4, 0.5) is 13.2 Å². The summed E-state index contributed by atoms with van der Waals surface area (Å²) in [5.74, 6) is -0.00182. The van der Waals surface area contributed by atoms with Crippen LogP contribution in [-0.4, -0.2) is 40.7 Å². The molecule has 0 saturated heterocycles. The van der Waals surface area contributed by atoms with Crippen LogP contribution in [0.5, 0.6) is 0 Å². The number of alkyl halides is 3. The van der Waals surface area contributed by atoms with Crippen molar-refractivity contribution in [1.29, 1.82) is 0 Å². The Hall–Kier alpha value is -2.04. The van der Waals surface area contributed by atoms with Gasteiger partial charge in [-0.2, -0.15) is 4.91 Å². The SMILES string of the molecule is C1CCCC1.O=NCC(=O)NC12CC1(c1nnc(C3CC(OC(F)(F)F)C3)o1)C2. The number of fused-ring (bicyclic) bond motifs is 1. The molecule has 29 heavy (non-hydrogen) atoms. The van der Waals surface area contributed by atoms with Crippen molar-refractivity contribution >= 4 is 5.91 Å². The second kappa shape index (κ2) is 7.33. The first-order valence-corrected chi connectivity index (χ1v) is 9.95. The van der Waals surface area contributed by atoms with Crippen molar-refractivity contribution in [2.24, 2.45) is 5.18 Å². The molecule has 1 heterocycles. The molecule has 4 fully saturated rings. The Balaban J connectivity index is 0.000000359. The highest BCUT2D eigenvalue weighted by Gasteiger charge is 2.87. The number of nitrogens with zero attached hydrogens (tertiary/aromatic N) is 3. The highest BCUT2D eigenvalue weighted by Crippen LogP contribution is 2.78. The molecule has 4 aliphatic rings. The summed E-state index contributed by atoms with van der Waals surface area (Å²) in [7, 11) is 0. The second-order valence-electron chi connectivity index (χ2n) is 8.42. The van der Waals surface area contributed by atoms with Crippen LogP contribution >= 0.6 is 0 Å². The number of nitrogens with one attached hydrogen (secondary N) is 1. The maximum absolute atomic E-state index is 12.1. The largest absolute Gasteiger partial charge is 0.522 e. The third-order valence-electron chi connectivity index (χ3n) is 6.30. The molecule has 0 bridgehead atoms. The number of carbonyl (C=O) groups is 1. The van der Waals surface area contributed by atoms with Crippen molar-refractivity contribution in [3.8, 4) is 0 Å². The molecule has 1 N–H and O–H groups in total. The molecule has 1 aromatic rings. The lowest BCUT2D eigenvalue weighted by Crippen LogP contribution is -2.34. The number of carbonyl (C=O) groups excluding carboxylic acids is 1. The monoisotopic (exact) mass is 416 g/mol. The first-order chi connectivity index (χ1) is 13.8. The molecule has 0 unspecified atom stereocenters. The van der Waals surface area contributed by atoms with Gasteiger partial charge in [0.2, 0.25) is 17.7 Å². The van der Waals surface area contributed by atoms with Gasteiger partial charge in [0.15, 0.2) is 6.54 Å². The lowest BCUT2D eigenvalue weighted by Gasteiger charge is -2.32. The van der Waals surface area contributed by atoms with Crippen LogP contribution < -0.4 is 5.32 Å². The quantitative estimate of drug-likeness (QED) is 0.712. The van der Waals surface area contributed by atoms with E-state index in [1.165, 1.54) is 32.1 Å². The molecule has 0 atom stereocenters. The molecule has 11 heteroatoms. The van der Waals surface area contributed by atoms with Gasteiger partial charge in [-0.25, -0.2) is 0 Å². The van der Waals surface area contributed by atoms with Gasteiger partial charge in [0.05, 0.1) is 17.1 Å². The van der Waals surface area contributed by atoms with Crippen LogP contribution in [0.3, 0.4) is 0 Å². The first kappa shape index (κ1) is 20.2. The Kier molecular flexibility index (Phi) is 5.12. The average Bonchev–Trinajstić information content (AvgIpc) is 3.14. The molecule has 4 saturated carbocycles. The number of hydrogen-bond acceptors (Lipinski definition) is 7. The zero-order chi connectivity index (χ0) is 20.7. The zero-order valence-electron chi connectivity index (χ0n) is 15.8. The summed E-state index contributed by atoms with van der Waals surface area (Å²) in [5, 5.41) is 13.2. The van der Waals surface area contributed by atoms with Gasteiger partial charge in [-0.15, -0.1) is 23.4 Å². The van der Waals surface area contributed by atoms with E-state index in [9.17, 15) is 22.9 Å². The summed E-state index contributed by atoms with van der Waals surface area (Å²) in [6, 6.07) is 0. The van der Waals surface area contributed by atoms with Crippen molar-refractivity contribution in [2.75, 3.05) is 6.54 Å². The van der Waals surface area contributed by atoms with Gasteiger partial charge >= 0.3 is 6.36 Å². The van der Waals surface area contributed by atoms with Crippen molar-refractivity contribution in [3.05, 3.63) is 16.7 Å². The first-order valence-electron chi connectivity index (χ1n) is 9.95. The second-order valence-corrected chi connectivity index (χ2v) is 8.42. The van der Waals surface area contributed by atoms with Crippen LogP contribution in [-0.2, 0) is 14.9 Å². The normalized spacial score (nSPS) is 34.3. The molecular weight excluding hydrogens is 393 g/mol. The van der Waals surface area contributed by atoms with Crippen molar-refractivity contribution in [3.63, 3.8) is 0 Å². The Labute approximate surface area is 164 Å². The molecule has 0 aromatic carbocycles. The third kappa shape index (κ3) is 4.15. The molecule has 160 valence electrons. The van der Waals surface area contributed by atoms with Crippen molar-refractivity contribution in [1.82, 2.24) is 15.5 Å². The highest BCUT2D eigenvalue weighted by molar-refractivity contribution is 5.81. The van der Waals surface area contributed by atoms with Gasteiger partial charge in [0.25, 0.3) is 0 Å². The van der Waals surface area contributed by atoms with Gasteiger partial charge in [0, 0.05) is 5.92 Å². The van der Waals surface area contributed by atoms with Crippen molar-refractivity contribution in [2.45, 2.75) is 87.1 Å². The van der Waals surface area contributed by atoms with E-state index in [1.54, 1.807) is 0 Å². The van der Waals surface area contributed by atoms with Crippen molar-refractivity contribution < 1.29 is 27.1 Å². The fraction of sp³-hybridized carbons (Fsp3) is 0.833. The van der Waals surface area contributed by atoms with Gasteiger partial charge in [-0.05, 0) is 25.7 Å². The number of ether oxygens (including phenoxy) is 1. The summed E-state index contributed by atoms with van der Waals surface area (Å²) in [4.78, 5) is 21.5. The molecule has 0 spiro atoms. The smallest absolute Gasteiger partial charge is 0.424 e. The van der Waals surface area contributed by atoms with E-state index in [0.29, 0.717) is 24.6 Å². The minimum Gasteiger partial charge on any atom is -0.424 e. The number of hydrogen-bond donors (Lipinski definition) is 1. The molecule has 1 amide bonds. The van der Waals surface area contributed by atoms with E-state index in [1.807, 2.05) is 0 Å². The van der Waals surface area contributed by atoms with Gasteiger partial charge in [-0.1, -0.05) is 37.3 Å². The summed E-state index contributed by atoms with van der Waals surface area (Å²) < 4.78 is 45.8. The standard InChI is InChI=1S/C13H13F3N4O4.C5H10/c14-13(15,16)24-7-1-6(2-7)9-19-20-10(23-9)11-4-12(11,5-11)18-8(21)3-17-22;1-2-4-5-3-1/h6-7H,1-5H2,(H,18,21);1-5H2. The summed E-state index contributed by atoms with van der Waals surface area (Å²) in [6.07, 6.45) is 3.65. The van der Waals surface area contributed by atoms with E-state index in [2.05, 4.69) is 25.4 Å². The predicted octanol–water partition coefficient (Wildman–Crippen LogP) is 3.47. The molecule has 0 radical (unpaired) electrons. The Morgan fingerprint density at radius 1 is 1.17 bits per heavy atom. The molecule has 1 aromatic heterocycles. The van der Waals surface area contributed by atoms with E-state index >= 15 is 0 Å².